The molecular formula is C31H48S2. The second-order valence-corrected chi connectivity index (χ2v) is 15.9. The quantitative estimate of drug-likeness (QED) is 0.342. The first-order valence-electron chi connectivity index (χ1n) is 12.6. The first kappa shape index (κ1) is 28.4. The maximum atomic E-state index is 2.37. The summed E-state index contributed by atoms with van der Waals surface area (Å²) in [7, 11) is 3.72. The van der Waals surface area contributed by atoms with Crippen molar-refractivity contribution in [2.45, 2.75) is 111 Å². The van der Waals surface area contributed by atoms with Crippen molar-refractivity contribution >= 4 is 21.6 Å². The molecule has 0 heterocycles. The Kier molecular flexibility index (Phi) is 9.68. The van der Waals surface area contributed by atoms with Gasteiger partial charge < -0.3 is 0 Å². The predicted octanol–water partition coefficient (Wildman–Crippen LogP) is 11.2. The van der Waals surface area contributed by atoms with E-state index in [1.165, 1.54) is 33.8 Å². The molecule has 33 heavy (non-hydrogen) atoms. The van der Waals surface area contributed by atoms with E-state index in [0.717, 1.165) is 0 Å². The van der Waals surface area contributed by atoms with E-state index in [2.05, 4.69) is 125 Å². The predicted molar refractivity (Wildman–Crippen MR) is 153 cm³/mol. The first-order valence-corrected chi connectivity index (χ1v) is 14.7. The zero-order valence-electron chi connectivity index (χ0n) is 23.1. The summed E-state index contributed by atoms with van der Waals surface area (Å²) in [6.45, 7) is 25.9. The zero-order chi connectivity index (χ0) is 25.0. The van der Waals surface area contributed by atoms with Gasteiger partial charge >= 0.3 is 0 Å². The smallest absolute Gasteiger partial charge is 0.0186 e. The summed E-state index contributed by atoms with van der Waals surface area (Å²) in [6.07, 6.45) is 2.43. The van der Waals surface area contributed by atoms with Crippen molar-refractivity contribution in [1.29, 1.82) is 0 Å². The van der Waals surface area contributed by atoms with Crippen LogP contribution in [0.4, 0.5) is 0 Å². The van der Waals surface area contributed by atoms with Gasteiger partial charge in [0.05, 0.1) is 0 Å². The van der Waals surface area contributed by atoms with E-state index in [1.807, 2.05) is 21.6 Å². The molecule has 0 radical (unpaired) electrons. The van der Waals surface area contributed by atoms with Gasteiger partial charge in [-0.3, -0.25) is 0 Å². The van der Waals surface area contributed by atoms with Gasteiger partial charge in [-0.25, -0.2) is 0 Å². The van der Waals surface area contributed by atoms with Gasteiger partial charge in [-0.15, -0.1) is 0 Å². The summed E-state index contributed by atoms with van der Waals surface area (Å²) in [6, 6.07) is 18.6. The molecular weight excluding hydrogens is 436 g/mol. The van der Waals surface area contributed by atoms with E-state index in [4.69, 9.17) is 0 Å². The van der Waals surface area contributed by atoms with Crippen LogP contribution in [0.1, 0.15) is 112 Å². The molecule has 0 nitrogen and oxygen atoms in total. The minimum Gasteiger partial charge on any atom is -0.0622 e. The Morgan fingerprint density at radius 1 is 0.576 bits per heavy atom. The minimum atomic E-state index is 0.263. The SMILES string of the molecule is CC(C)C(CC(C)(C)C)c1ccc(SSc2ccc(C(CC(C)(C)C)C(C)(C)C)cc2)cc1. The van der Waals surface area contributed by atoms with Crippen LogP contribution >= 0.6 is 21.6 Å². The second kappa shape index (κ2) is 11.3. The van der Waals surface area contributed by atoms with E-state index in [-0.39, 0.29) is 5.41 Å². The highest BCUT2D eigenvalue weighted by Gasteiger charge is 2.30. The molecule has 0 bridgehead atoms. The number of benzene rings is 2. The van der Waals surface area contributed by atoms with Crippen LogP contribution in [0.5, 0.6) is 0 Å². The van der Waals surface area contributed by atoms with Crippen LogP contribution in [0.25, 0.3) is 0 Å². The number of hydrogen-bond donors (Lipinski definition) is 0. The van der Waals surface area contributed by atoms with Crippen molar-refractivity contribution in [3.8, 4) is 0 Å². The zero-order valence-corrected chi connectivity index (χ0v) is 24.7. The van der Waals surface area contributed by atoms with Gasteiger partial charge in [0.1, 0.15) is 0 Å². The van der Waals surface area contributed by atoms with Gasteiger partial charge in [-0.1, -0.05) is 122 Å². The Labute approximate surface area is 213 Å². The number of rotatable bonds is 8. The molecule has 0 saturated heterocycles. The highest BCUT2D eigenvalue weighted by molar-refractivity contribution is 8.76. The molecule has 0 N–H and O–H groups in total. The van der Waals surface area contributed by atoms with E-state index in [9.17, 15) is 0 Å². The maximum Gasteiger partial charge on any atom is 0.0186 e. The summed E-state index contributed by atoms with van der Waals surface area (Å²) in [5.74, 6) is 1.85. The molecule has 2 heteroatoms. The Hall–Kier alpha value is -0.860. The Bertz CT molecular complexity index is 840. The Morgan fingerprint density at radius 2 is 0.970 bits per heavy atom. The third-order valence-electron chi connectivity index (χ3n) is 6.32. The van der Waals surface area contributed by atoms with E-state index >= 15 is 0 Å². The summed E-state index contributed by atoms with van der Waals surface area (Å²) in [5, 5.41) is 0. The Morgan fingerprint density at radius 3 is 1.30 bits per heavy atom. The molecule has 0 spiro atoms. The average Bonchev–Trinajstić information content (AvgIpc) is 2.67. The lowest BCUT2D eigenvalue weighted by atomic mass is 9.69. The monoisotopic (exact) mass is 484 g/mol. The Balaban J connectivity index is 2.05. The van der Waals surface area contributed by atoms with E-state index in [0.29, 0.717) is 28.6 Å². The van der Waals surface area contributed by atoms with Gasteiger partial charge in [-0.05, 0) is 82.2 Å². The van der Waals surface area contributed by atoms with Gasteiger partial charge in [0.2, 0.25) is 0 Å². The van der Waals surface area contributed by atoms with Gasteiger partial charge in [-0.2, -0.15) is 0 Å². The van der Waals surface area contributed by atoms with Crippen molar-refractivity contribution in [2.24, 2.45) is 22.2 Å². The van der Waals surface area contributed by atoms with E-state index in [1.54, 1.807) is 0 Å². The van der Waals surface area contributed by atoms with Gasteiger partial charge in [0.25, 0.3) is 0 Å². The summed E-state index contributed by atoms with van der Waals surface area (Å²) in [5.41, 5.74) is 3.89. The van der Waals surface area contributed by atoms with Crippen molar-refractivity contribution < 1.29 is 0 Å². The molecule has 2 aromatic rings. The normalized spacial score (nSPS) is 15.0. The summed E-state index contributed by atoms with van der Waals surface area (Å²) < 4.78 is 0. The fraction of sp³-hybridized carbons (Fsp3) is 0.613. The fourth-order valence-electron chi connectivity index (χ4n) is 4.56. The molecule has 184 valence electrons. The molecule has 0 amide bonds. The van der Waals surface area contributed by atoms with E-state index < -0.39 is 0 Å². The molecule has 0 aliphatic heterocycles. The molecule has 0 saturated carbocycles. The van der Waals surface area contributed by atoms with Crippen LogP contribution in [-0.2, 0) is 0 Å². The highest BCUT2D eigenvalue weighted by atomic mass is 33.1. The topological polar surface area (TPSA) is 0 Å². The molecule has 2 atom stereocenters. The second-order valence-electron chi connectivity index (χ2n) is 13.6. The largest absolute Gasteiger partial charge is 0.0622 e. The van der Waals surface area contributed by atoms with Crippen molar-refractivity contribution in [3.05, 3.63) is 59.7 Å². The van der Waals surface area contributed by atoms with Crippen LogP contribution in [0, 0.1) is 22.2 Å². The van der Waals surface area contributed by atoms with Crippen molar-refractivity contribution in [1.82, 2.24) is 0 Å². The third kappa shape index (κ3) is 9.73. The third-order valence-corrected chi connectivity index (χ3v) is 8.74. The summed E-state index contributed by atoms with van der Waals surface area (Å²) in [4.78, 5) is 2.65. The lowest BCUT2D eigenvalue weighted by Gasteiger charge is -2.36. The van der Waals surface area contributed by atoms with Gasteiger partial charge in [0, 0.05) is 9.79 Å². The van der Waals surface area contributed by atoms with Crippen LogP contribution in [0.15, 0.2) is 58.3 Å². The molecule has 2 aromatic carbocycles. The lowest BCUT2D eigenvalue weighted by molar-refractivity contribution is 0.229. The highest BCUT2D eigenvalue weighted by Crippen LogP contribution is 2.44. The summed E-state index contributed by atoms with van der Waals surface area (Å²) >= 11 is 0. The minimum absolute atomic E-state index is 0.263. The average molecular weight is 485 g/mol. The first-order chi connectivity index (χ1) is 15.0. The molecule has 0 aliphatic carbocycles. The maximum absolute atomic E-state index is 2.37. The number of hydrogen-bond acceptors (Lipinski definition) is 2. The van der Waals surface area contributed by atoms with Crippen LogP contribution in [0.2, 0.25) is 0 Å². The standard InChI is InChI=1S/C31H48S2/c1-22(2)27(20-29(3,4)5)23-12-16-25(17-13-23)32-33-26-18-14-24(15-19-26)28(31(9,10)11)21-30(6,7)8/h12-19,22,27-28H,20-21H2,1-11H3. The molecule has 0 aromatic heterocycles. The molecule has 2 unspecified atom stereocenters. The lowest BCUT2D eigenvalue weighted by Crippen LogP contribution is -2.23. The molecule has 2 rings (SSSR count). The van der Waals surface area contributed by atoms with Crippen LogP contribution in [0.3, 0.4) is 0 Å². The van der Waals surface area contributed by atoms with Crippen molar-refractivity contribution in [3.63, 3.8) is 0 Å². The van der Waals surface area contributed by atoms with Gasteiger partial charge in [0.15, 0.2) is 0 Å². The molecule has 0 aliphatic rings. The van der Waals surface area contributed by atoms with Crippen molar-refractivity contribution in [2.75, 3.05) is 0 Å². The molecule has 0 fully saturated rings. The van der Waals surface area contributed by atoms with Crippen LogP contribution < -0.4 is 0 Å². The fourth-order valence-corrected chi connectivity index (χ4v) is 6.49. The van der Waals surface area contributed by atoms with Crippen LogP contribution in [-0.4, -0.2) is 0 Å².